The number of carbonyl (C=O) groups is 1. The smallest absolute Gasteiger partial charge is 0.254 e. The van der Waals surface area contributed by atoms with E-state index in [2.05, 4.69) is 12.2 Å². The number of aryl methyl sites for hydroxylation is 1. The Hall–Kier alpha value is -1.42. The summed E-state index contributed by atoms with van der Waals surface area (Å²) in [5.41, 5.74) is 1.33. The van der Waals surface area contributed by atoms with Crippen LogP contribution in [0.3, 0.4) is 0 Å². The Bertz CT molecular complexity index is 484. The summed E-state index contributed by atoms with van der Waals surface area (Å²) in [7, 11) is 0. The van der Waals surface area contributed by atoms with E-state index in [0.717, 1.165) is 51.0 Å². The van der Waals surface area contributed by atoms with Crippen LogP contribution in [0.2, 0.25) is 0 Å². The number of nitrogens with one attached hydrogen (secondary N) is 1. The molecule has 0 spiro atoms. The van der Waals surface area contributed by atoms with E-state index in [1.54, 1.807) is 6.07 Å². The number of hydrogen-bond acceptors (Lipinski definition) is 2. The third-order valence-electron chi connectivity index (χ3n) is 4.09. The van der Waals surface area contributed by atoms with Crippen molar-refractivity contribution in [3.05, 3.63) is 35.1 Å². The van der Waals surface area contributed by atoms with Crippen molar-refractivity contribution in [1.29, 1.82) is 0 Å². The molecule has 0 aliphatic carbocycles. The summed E-state index contributed by atoms with van der Waals surface area (Å²) in [6.45, 7) is 7.45. The molecule has 3 nitrogen and oxygen atoms in total. The number of halogens is 1. The molecule has 21 heavy (non-hydrogen) atoms. The molecule has 1 unspecified atom stereocenters. The summed E-state index contributed by atoms with van der Waals surface area (Å²) in [5.74, 6) is 0.113. The Morgan fingerprint density at radius 2 is 2.29 bits per heavy atom. The molecule has 1 aromatic rings. The molecule has 1 heterocycles. The Morgan fingerprint density at radius 1 is 1.48 bits per heavy atom. The minimum absolute atomic E-state index is 0.0422. The first-order chi connectivity index (χ1) is 10.1. The van der Waals surface area contributed by atoms with Crippen LogP contribution in [0.5, 0.6) is 0 Å². The first-order valence-corrected chi connectivity index (χ1v) is 7.88. The van der Waals surface area contributed by atoms with Crippen molar-refractivity contribution < 1.29 is 9.18 Å². The molecule has 4 heteroatoms. The van der Waals surface area contributed by atoms with Gasteiger partial charge in [-0.1, -0.05) is 13.0 Å². The number of benzene rings is 1. The van der Waals surface area contributed by atoms with E-state index in [0.29, 0.717) is 11.5 Å². The van der Waals surface area contributed by atoms with Crippen molar-refractivity contribution in [3.8, 4) is 0 Å². The number of nitrogens with zero attached hydrogens (tertiary/aromatic N) is 1. The predicted molar refractivity (Wildman–Crippen MR) is 82.9 cm³/mol. The van der Waals surface area contributed by atoms with Crippen LogP contribution in [-0.2, 0) is 0 Å². The first-order valence-electron chi connectivity index (χ1n) is 7.88. The van der Waals surface area contributed by atoms with Gasteiger partial charge in [0.05, 0.1) is 0 Å². The summed E-state index contributed by atoms with van der Waals surface area (Å²) < 4.78 is 13.4. The molecule has 116 valence electrons. The van der Waals surface area contributed by atoms with E-state index < -0.39 is 0 Å². The summed E-state index contributed by atoms with van der Waals surface area (Å²) in [5, 5.41) is 3.38. The van der Waals surface area contributed by atoms with E-state index in [1.165, 1.54) is 12.1 Å². The largest absolute Gasteiger partial charge is 0.338 e. The van der Waals surface area contributed by atoms with Gasteiger partial charge in [0.1, 0.15) is 5.82 Å². The Morgan fingerprint density at radius 3 is 2.95 bits per heavy atom. The topological polar surface area (TPSA) is 32.3 Å². The molecule has 1 aromatic carbocycles. The number of rotatable bonds is 5. The van der Waals surface area contributed by atoms with Gasteiger partial charge in [0.25, 0.3) is 5.91 Å². The van der Waals surface area contributed by atoms with Crippen LogP contribution in [-0.4, -0.2) is 37.0 Å². The molecule has 1 atom stereocenters. The van der Waals surface area contributed by atoms with Crippen molar-refractivity contribution in [2.75, 3.05) is 26.2 Å². The second-order valence-electron chi connectivity index (χ2n) is 5.92. The van der Waals surface area contributed by atoms with Crippen LogP contribution in [0.1, 0.15) is 42.1 Å². The second-order valence-corrected chi connectivity index (χ2v) is 5.92. The average Bonchev–Trinajstić information content (AvgIpc) is 2.49. The number of hydrogen-bond donors (Lipinski definition) is 1. The van der Waals surface area contributed by atoms with Crippen LogP contribution < -0.4 is 5.32 Å². The zero-order valence-corrected chi connectivity index (χ0v) is 13.0. The van der Waals surface area contributed by atoms with Gasteiger partial charge in [-0.25, -0.2) is 4.39 Å². The van der Waals surface area contributed by atoms with Gasteiger partial charge in [0.15, 0.2) is 0 Å². The molecule has 0 saturated carbocycles. The minimum Gasteiger partial charge on any atom is -0.338 e. The van der Waals surface area contributed by atoms with Crippen LogP contribution in [0.15, 0.2) is 18.2 Å². The molecule has 1 aliphatic rings. The fraction of sp³-hybridized carbons (Fsp3) is 0.588. The monoisotopic (exact) mass is 292 g/mol. The van der Waals surface area contributed by atoms with Crippen LogP contribution in [0, 0.1) is 18.7 Å². The van der Waals surface area contributed by atoms with E-state index in [-0.39, 0.29) is 11.7 Å². The lowest BCUT2D eigenvalue weighted by Gasteiger charge is -2.30. The molecular formula is C17H25FN2O. The van der Waals surface area contributed by atoms with Crippen molar-refractivity contribution in [1.82, 2.24) is 10.2 Å². The summed E-state index contributed by atoms with van der Waals surface area (Å²) in [4.78, 5) is 14.6. The lowest BCUT2D eigenvalue weighted by molar-refractivity contribution is 0.0717. The Balaban J connectivity index is 2.12. The molecule has 0 radical (unpaired) electrons. The maximum Gasteiger partial charge on any atom is 0.254 e. The zero-order chi connectivity index (χ0) is 15.2. The highest BCUT2D eigenvalue weighted by Crippen LogP contribution is 2.17. The molecule has 0 bridgehead atoms. The third-order valence-corrected chi connectivity index (χ3v) is 4.09. The number of piperidine rings is 1. The van der Waals surface area contributed by atoms with Crippen LogP contribution in [0.4, 0.5) is 4.39 Å². The van der Waals surface area contributed by atoms with Gasteiger partial charge in [-0.2, -0.15) is 0 Å². The van der Waals surface area contributed by atoms with Crippen molar-refractivity contribution in [2.24, 2.45) is 5.92 Å². The van der Waals surface area contributed by atoms with Crippen molar-refractivity contribution >= 4 is 5.91 Å². The molecule has 1 fully saturated rings. The van der Waals surface area contributed by atoms with Crippen LogP contribution >= 0.6 is 0 Å². The van der Waals surface area contributed by atoms with E-state index in [4.69, 9.17) is 0 Å². The van der Waals surface area contributed by atoms with E-state index >= 15 is 0 Å². The van der Waals surface area contributed by atoms with Gasteiger partial charge in [-0.15, -0.1) is 0 Å². The fourth-order valence-corrected chi connectivity index (χ4v) is 2.93. The van der Waals surface area contributed by atoms with Gasteiger partial charge >= 0.3 is 0 Å². The van der Waals surface area contributed by atoms with Crippen molar-refractivity contribution in [3.63, 3.8) is 0 Å². The molecule has 1 amide bonds. The Labute approximate surface area is 126 Å². The molecule has 1 aliphatic heterocycles. The summed E-state index contributed by atoms with van der Waals surface area (Å²) in [6.07, 6.45) is 3.24. The van der Waals surface area contributed by atoms with E-state index in [1.807, 2.05) is 11.8 Å². The summed E-state index contributed by atoms with van der Waals surface area (Å²) >= 11 is 0. The van der Waals surface area contributed by atoms with Gasteiger partial charge in [0.2, 0.25) is 0 Å². The highest BCUT2D eigenvalue weighted by atomic mass is 19.1. The Kier molecular flexibility index (Phi) is 5.74. The van der Waals surface area contributed by atoms with Gasteiger partial charge in [-0.05, 0) is 62.9 Å². The summed E-state index contributed by atoms with van der Waals surface area (Å²) in [6, 6.07) is 4.44. The number of carbonyl (C=O) groups excluding carboxylic acids is 1. The third kappa shape index (κ3) is 4.27. The maximum absolute atomic E-state index is 13.4. The molecule has 0 aromatic heterocycles. The maximum atomic E-state index is 13.4. The zero-order valence-electron chi connectivity index (χ0n) is 13.0. The van der Waals surface area contributed by atoms with Crippen LogP contribution in [0.25, 0.3) is 0 Å². The molecule has 1 N–H and O–H groups in total. The minimum atomic E-state index is -0.347. The number of amides is 1. The van der Waals surface area contributed by atoms with Crippen molar-refractivity contribution in [2.45, 2.75) is 33.1 Å². The molecule has 2 rings (SSSR count). The van der Waals surface area contributed by atoms with Gasteiger partial charge in [0, 0.05) is 18.7 Å². The fourth-order valence-electron chi connectivity index (χ4n) is 2.93. The molecular weight excluding hydrogens is 267 g/mol. The highest BCUT2D eigenvalue weighted by Gasteiger charge is 2.22. The highest BCUT2D eigenvalue weighted by molar-refractivity contribution is 5.95. The average molecular weight is 292 g/mol. The standard InChI is InChI=1S/C17H25FN2O/c1-3-9-20(12-14-5-4-8-19-11-14)17(21)16-10-15(18)7-6-13(16)2/h6-7,10,14,19H,3-5,8-9,11-12H2,1-2H3. The predicted octanol–water partition coefficient (Wildman–Crippen LogP) is 2.99. The first kappa shape index (κ1) is 16.0. The lowest BCUT2D eigenvalue weighted by Crippen LogP contribution is -2.41. The second kappa shape index (κ2) is 7.55. The van der Waals surface area contributed by atoms with Gasteiger partial charge < -0.3 is 10.2 Å². The SMILES string of the molecule is CCCN(CC1CCCNC1)C(=O)c1cc(F)ccc1C. The normalized spacial score (nSPS) is 18.5. The quantitative estimate of drug-likeness (QED) is 0.905. The lowest BCUT2D eigenvalue weighted by atomic mass is 9.98. The molecule has 1 saturated heterocycles. The van der Waals surface area contributed by atoms with Gasteiger partial charge in [-0.3, -0.25) is 4.79 Å². The van der Waals surface area contributed by atoms with E-state index in [9.17, 15) is 9.18 Å².